The molecule has 5 rings (SSSR count). The highest BCUT2D eigenvalue weighted by molar-refractivity contribution is 5.92. The molecule has 176 valence electrons. The second kappa shape index (κ2) is 8.97. The molecule has 0 spiro atoms. The minimum Gasteiger partial charge on any atom is -0.493 e. The Hall–Kier alpha value is -3.61. The van der Waals surface area contributed by atoms with Crippen molar-refractivity contribution in [3.8, 4) is 11.5 Å². The van der Waals surface area contributed by atoms with Gasteiger partial charge in [-0.15, -0.1) is 0 Å². The monoisotopic (exact) mass is 458 g/mol. The molecule has 0 unspecified atom stereocenters. The lowest BCUT2D eigenvalue weighted by Crippen LogP contribution is -2.31. The van der Waals surface area contributed by atoms with Crippen molar-refractivity contribution < 1.29 is 14.3 Å². The van der Waals surface area contributed by atoms with Gasteiger partial charge in [-0.05, 0) is 68.5 Å². The van der Waals surface area contributed by atoms with Crippen molar-refractivity contribution in [2.24, 2.45) is 0 Å². The van der Waals surface area contributed by atoms with Gasteiger partial charge in [-0.3, -0.25) is 4.79 Å². The van der Waals surface area contributed by atoms with Gasteiger partial charge in [0.05, 0.1) is 25.8 Å². The van der Waals surface area contributed by atoms with Gasteiger partial charge < -0.3 is 14.4 Å². The molecule has 34 heavy (non-hydrogen) atoms. The number of fused-ring (bicyclic) bond motifs is 3. The number of carbonyl (C=O) groups is 1. The number of hydrogen-bond donors (Lipinski definition) is 0. The highest BCUT2D eigenvalue weighted by atomic mass is 16.5. The van der Waals surface area contributed by atoms with Gasteiger partial charge in [0.2, 0.25) is 5.91 Å². The summed E-state index contributed by atoms with van der Waals surface area (Å²) in [5.74, 6) is 1.56. The van der Waals surface area contributed by atoms with Crippen molar-refractivity contribution in [2.75, 3.05) is 20.8 Å². The average Bonchev–Trinajstić information content (AvgIpc) is 3.49. The Bertz CT molecular complexity index is 1380. The fourth-order valence-corrected chi connectivity index (χ4v) is 5.19. The molecule has 4 aromatic rings. The van der Waals surface area contributed by atoms with Crippen molar-refractivity contribution >= 4 is 22.5 Å². The Balaban J connectivity index is 1.37. The maximum atomic E-state index is 13.3. The molecule has 0 radical (unpaired) electrons. The summed E-state index contributed by atoms with van der Waals surface area (Å²) in [5, 5.41) is 5.79. The summed E-state index contributed by atoms with van der Waals surface area (Å²) < 4.78 is 12.8. The summed E-state index contributed by atoms with van der Waals surface area (Å²) in [6.45, 7) is 4.87. The molecule has 1 aliphatic heterocycles. The van der Waals surface area contributed by atoms with Crippen molar-refractivity contribution in [1.29, 1.82) is 0 Å². The minimum atomic E-state index is 0.0616. The van der Waals surface area contributed by atoms with Crippen LogP contribution in [0.2, 0.25) is 0 Å². The number of amides is 1. The van der Waals surface area contributed by atoms with Gasteiger partial charge in [0.25, 0.3) is 0 Å². The number of methoxy groups -OCH3 is 2. The number of carbonyl (C=O) groups excluding carboxylic acids is 1. The zero-order chi connectivity index (χ0) is 23.8. The van der Waals surface area contributed by atoms with Crippen LogP contribution in [0.5, 0.6) is 11.5 Å². The van der Waals surface area contributed by atoms with Gasteiger partial charge in [0.1, 0.15) is 0 Å². The number of rotatable bonds is 6. The topological polar surface area (TPSA) is 69.0 Å². The van der Waals surface area contributed by atoms with Crippen LogP contribution < -0.4 is 9.47 Å². The molecule has 1 amide bonds. The molecule has 0 aliphatic carbocycles. The first-order chi connectivity index (χ1) is 16.5. The Labute approximate surface area is 199 Å². The number of aryl methyl sites for hydroxylation is 2. The molecule has 3 heterocycles. The van der Waals surface area contributed by atoms with Gasteiger partial charge in [-0.25, -0.2) is 9.50 Å². The predicted octanol–water partition coefficient (Wildman–Crippen LogP) is 4.81. The number of likely N-dealkylation sites (tertiary alicyclic amines) is 1. The molecule has 7 nitrogen and oxygen atoms in total. The molecule has 1 atom stereocenters. The van der Waals surface area contributed by atoms with Crippen LogP contribution in [-0.4, -0.2) is 46.2 Å². The molecule has 0 N–H and O–H groups in total. The van der Waals surface area contributed by atoms with E-state index in [1.807, 2.05) is 52.7 Å². The van der Waals surface area contributed by atoms with E-state index in [0.29, 0.717) is 24.3 Å². The smallest absolute Gasteiger partial charge is 0.223 e. The summed E-state index contributed by atoms with van der Waals surface area (Å²) in [5.41, 5.74) is 5.98. The third-order valence-electron chi connectivity index (χ3n) is 6.97. The van der Waals surface area contributed by atoms with E-state index >= 15 is 0 Å². The average molecular weight is 459 g/mol. The number of aromatic nitrogens is 3. The van der Waals surface area contributed by atoms with Crippen LogP contribution in [0.4, 0.5) is 0 Å². The third-order valence-corrected chi connectivity index (χ3v) is 6.97. The number of nitrogens with zero attached hydrogens (tertiary/aromatic N) is 4. The van der Waals surface area contributed by atoms with Crippen molar-refractivity contribution in [3.05, 3.63) is 65.0 Å². The molecular weight excluding hydrogens is 428 g/mol. The van der Waals surface area contributed by atoms with Crippen LogP contribution in [-0.2, 0) is 11.2 Å². The van der Waals surface area contributed by atoms with Gasteiger partial charge in [-0.1, -0.05) is 18.2 Å². The first-order valence-electron chi connectivity index (χ1n) is 11.8. The minimum absolute atomic E-state index is 0.0616. The van der Waals surface area contributed by atoms with Gasteiger partial charge in [0, 0.05) is 29.7 Å². The number of benzene rings is 2. The fourth-order valence-electron chi connectivity index (χ4n) is 5.19. The van der Waals surface area contributed by atoms with Crippen LogP contribution in [0.15, 0.2) is 42.5 Å². The van der Waals surface area contributed by atoms with Crippen LogP contribution in [0, 0.1) is 13.8 Å². The first kappa shape index (κ1) is 22.2. The van der Waals surface area contributed by atoms with E-state index in [2.05, 4.69) is 13.0 Å². The van der Waals surface area contributed by atoms with Crippen LogP contribution in [0.1, 0.15) is 47.8 Å². The normalized spacial score (nSPS) is 15.9. The lowest BCUT2D eigenvalue weighted by Gasteiger charge is -2.26. The van der Waals surface area contributed by atoms with Crippen LogP contribution in [0.25, 0.3) is 16.6 Å². The molecule has 0 bridgehead atoms. The second-order valence-electron chi connectivity index (χ2n) is 8.87. The number of ether oxygens (including phenoxy) is 2. The second-order valence-corrected chi connectivity index (χ2v) is 8.87. The standard InChI is InChI=1S/C27H30N4O3/c1-17-20(18(2)31-27(28-17)21-8-5-6-9-22(21)29-31)12-14-26(32)30-15-7-10-23(30)19-11-13-24(33-3)25(16-19)34-4/h5-6,8-9,11,13,16,23H,7,10,12,14-15H2,1-4H3/t23-/m1/s1. The highest BCUT2D eigenvalue weighted by Crippen LogP contribution is 2.37. The first-order valence-corrected chi connectivity index (χ1v) is 11.8. The Morgan fingerprint density at radius 3 is 2.68 bits per heavy atom. The van der Waals surface area contributed by atoms with Crippen molar-refractivity contribution in [1.82, 2.24) is 19.5 Å². The SMILES string of the molecule is COc1ccc([C@H]2CCCN2C(=O)CCc2c(C)nc3c4ccccc4nn3c2C)cc1OC. The molecular formula is C27H30N4O3. The number of hydrogen-bond acceptors (Lipinski definition) is 5. The highest BCUT2D eigenvalue weighted by Gasteiger charge is 2.30. The summed E-state index contributed by atoms with van der Waals surface area (Å²) in [7, 11) is 3.27. The van der Waals surface area contributed by atoms with E-state index in [-0.39, 0.29) is 11.9 Å². The molecule has 0 saturated carbocycles. The summed E-state index contributed by atoms with van der Waals surface area (Å²) in [4.78, 5) is 20.2. The maximum absolute atomic E-state index is 13.3. The Morgan fingerprint density at radius 1 is 1.09 bits per heavy atom. The maximum Gasteiger partial charge on any atom is 0.223 e. The van der Waals surface area contributed by atoms with Crippen LogP contribution in [0.3, 0.4) is 0 Å². The van der Waals surface area contributed by atoms with Crippen molar-refractivity contribution in [3.63, 3.8) is 0 Å². The van der Waals surface area contributed by atoms with Crippen LogP contribution >= 0.6 is 0 Å². The molecule has 2 aromatic carbocycles. The zero-order valence-corrected chi connectivity index (χ0v) is 20.2. The lowest BCUT2D eigenvalue weighted by molar-refractivity contribution is -0.132. The zero-order valence-electron chi connectivity index (χ0n) is 20.2. The molecule has 2 aromatic heterocycles. The molecule has 1 saturated heterocycles. The lowest BCUT2D eigenvalue weighted by atomic mass is 10.0. The van der Waals surface area contributed by atoms with Gasteiger partial charge in [0.15, 0.2) is 17.1 Å². The molecule has 1 fully saturated rings. The largest absolute Gasteiger partial charge is 0.493 e. The Kier molecular flexibility index (Phi) is 5.86. The van der Waals surface area contributed by atoms with E-state index in [9.17, 15) is 4.79 Å². The van der Waals surface area contributed by atoms with E-state index in [0.717, 1.165) is 58.5 Å². The van der Waals surface area contributed by atoms with E-state index in [1.165, 1.54) is 0 Å². The molecule has 1 aliphatic rings. The van der Waals surface area contributed by atoms with E-state index < -0.39 is 0 Å². The fraction of sp³-hybridized carbons (Fsp3) is 0.370. The summed E-state index contributed by atoms with van der Waals surface area (Å²) in [6.07, 6.45) is 3.03. The van der Waals surface area contributed by atoms with Gasteiger partial charge in [-0.2, -0.15) is 5.10 Å². The van der Waals surface area contributed by atoms with E-state index in [1.54, 1.807) is 14.2 Å². The third kappa shape index (κ3) is 3.75. The van der Waals surface area contributed by atoms with Gasteiger partial charge >= 0.3 is 0 Å². The Morgan fingerprint density at radius 2 is 1.88 bits per heavy atom. The summed E-state index contributed by atoms with van der Waals surface area (Å²) >= 11 is 0. The predicted molar refractivity (Wildman–Crippen MR) is 132 cm³/mol. The summed E-state index contributed by atoms with van der Waals surface area (Å²) in [6, 6.07) is 14.0. The molecule has 7 heteroatoms. The quantitative estimate of drug-likeness (QED) is 0.415. The van der Waals surface area contributed by atoms with E-state index in [4.69, 9.17) is 19.6 Å². The van der Waals surface area contributed by atoms with Crippen molar-refractivity contribution in [2.45, 2.75) is 45.6 Å².